The minimum Gasteiger partial charge on any atom is -0.363 e. The van der Waals surface area contributed by atoms with Crippen molar-refractivity contribution in [1.82, 2.24) is 0 Å². The highest BCUT2D eigenvalue weighted by Gasteiger charge is 2.17. The van der Waals surface area contributed by atoms with E-state index in [1.165, 1.54) is 37.7 Å². The number of Topliss-reactive ketones (excluding diaryl/α,β-unsaturated/α-hetero) is 1. The van der Waals surface area contributed by atoms with Crippen LogP contribution in [0.25, 0.3) is 0 Å². The number of nitrogens with two attached hydrogens (primary N) is 1. The molecular formula is C14H17NO2. The largest absolute Gasteiger partial charge is 0.363 e. The summed E-state index contributed by atoms with van der Waals surface area (Å²) in [5, 5.41) is 0. The number of amides is 1. The molecule has 0 bridgehead atoms. The van der Waals surface area contributed by atoms with Crippen molar-refractivity contribution in [3.8, 4) is 0 Å². The average Bonchev–Trinajstić information content (AvgIpc) is 2.39. The van der Waals surface area contributed by atoms with Crippen molar-refractivity contribution in [3.63, 3.8) is 0 Å². The molecule has 3 heteroatoms. The van der Waals surface area contributed by atoms with Crippen LogP contribution in [0.3, 0.4) is 0 Å². The molecule has 0 unspecified atom stereocenters. The second-order valence-electron chi connectivity index (χ2n) is 4.65. The van der Waals surface area contributed by atoms with Gasteiger partial charge in [0.1, 0.15) is 0 Å². The molecule has 0 aliphatic heterocycles. The second-order valence-corrected chi connectivity index (χ2v) is 4.65. The predicted octanol–water partition coefficient (Wildman–Crippen LogP) is 2.40. The van der Waals surface area contributed by atoms with Gasteiger partial charge in [-0.05, 0) is 24.3 Å². The zero-order valence-electron chi connectivity index (χ0n) is 9.82. The lowest BCUT2D eigenvalue weighted by atomic mass is 9.84. The topological polar surface area (TPSA) is 60.2 Å². The Morgan fingerprint density at radius 2 is 1.59 bits per heavy atom. The standard InChI is InChI=1S/C14H17NO2/c15-14(17)13(16)12-8-6-11(7-9-12)10-4-2-1-3-5-10/h6-10H,1-5H2,(H2,15,17). The van der Waals surface area contributed by atoms with Gasteiger partial charge in [0.15, 0.2) is 0 Å². The van der Waals surface area contributed by atoms with Crippen molar-refractivity contribution in [2.24, 2.45) is 5.73 Å². The van der Waals surface area contributed by atoms with Gasteiger partial charge in [-0.25, -0.2) is 0 Å². The second kappa shape index (κ2) is 5.13. The number of rotatable bonds is 3. The van der Waals surface area contributed by atoms with Crippen molar-refractivity contribution < 1.29 is 9.59 Å². The molecule has 1 saturated carbocycles. The third kappa shape index (κ3) is 2.73. The van der Waals surface area contributed by atoms with Crippen molar-refractivity contribution >= 4 is 11.7 Å². The highest BCUT2D eigenvalue weighted by Crippen LogP contribution is 2.32. The minimum absolute atomic E-state index is 0.386. The Kier molecular flexibility index (Phi) is 3.57. The first kappa shape index (κ1) is 11.8. The number of hydrogen-bond donors (Lipinski definition) is 1. The summed E-state index contributed by atoms with van der Waals surface area (Å²) < 4.78 is 0. The van der Waals surface area contributed by atoms with E-state index in [1.54, 1.807) is 12.1 Å². The quantitative estimate of drug-likeness (QED) is 0.641. The van der Waals surface area contributed by atoms with Gasteiger partial charge in [-0.2, -0.15) is 0 Å². The van der Waals surface area contributed by atoms with Gasteiger partial charge in [-0.15, -0.1) is 0 Å². The van der Waals surface area contributed by atoms with Crippen molar-refractivity contribution in [1.29, 1.82) is 0 Å². The van der Waals surface area contributed by atoms with Crippen LogP contribution in [0.2, 0.25) is 0 Å². The molecule has 1 aliphatic carbocycles. The predicted molar refractivity (Wildman–Crippen MR) is 65.8 cm³/mol. The zero-order valence-corrected chi connectivity index (χ0v) is 9.82. The van der Waals surface area contributed by atoms with Crippen LogP contribution in [0, 0.1) is 0 Å². The van der Waals surface area contributed by atoms with E-state index in [0.717, 1.165) is 0 Å². The zero-order chi connectivity index (χ0) is 12.3. The Balaban J connectivity index is 2.12. The molecule has 2 rings (SSSR count). The maximum atomic E-state index is 11.4. The highest BCUT2D eigenvalue weighted by molar-refractivity contribution is 6.42. The average molecular weight is 231 g/mol. The van der Waals surface area contributed by atoms with Gasteiger partial charge in [0.25, 0.3) is 5.91 Å². The molecule has 1 aromatic carbocycles. The SMILES string of the molecule is NC(=O)C(=O)c1ccc(C2CCCCC2)cc1. The van der Waals surface area contributed by atoms with Crippen molar-refractivity contribution in [3.05, 3.63) is 35.4 Å². The maximum absolute atomic E-state index is 11.4. The smallest absolute Gasteiger partial charge is 0.289 e. The van der Waals surface area contributed by atoms with Gasteiger partial charge in [0, 0.05) is 5.56 Å². The van der Waals surface area contributed by atoms with Crippen LogP contribution in [0.5, 0.6) is 0 Å². The summed E-state index contributed by atoms with van der Waals surface area (Å²) in [5.41, 5.74) is 6.62. The van der Waals surface area contributed by atoms with Gasteiger partial charge in [-0.3, -0.25) is 9.59 Å². The Morgan fingerprint density at radius 1 is 1.00 bits per heavy atom. The number of primary amides is 1. The van der Waals surface area contributed by atoms with E-state index in [1.807, 2.05) is 12.1 Å². The van der Waals surface area contributed by atoms with Gasteiger partial charge in [-0.1, -0.05) is 43.5 Å². The molecule has 3 nitrogen and oxygen atoms in total. The molecule has 0 saturated heterocycles. The van der Waals surface area contributed by atoms with Gasteiger partial charge in [0.05, 0.1) is 0 Å². The Bertz CT molecular complexity index is 416. The summed E-state index contributed by atoms with van der Waals surface area (Å²) in [4.78, 5) is 22.1. The van der Waals surface area contributed by atoms with E-state index >= 15 is 0 Å². The Hall–Kier alpha value is -1.64. The Morgan fingerprint density at radius 3 is 2.12 bits per heavy atom. The van der Waals surface area contributed by atoms with E-state index < -0.39 is 11.7 Å². The molecule has 0 heterocycles. The molecule has 1 aliphatic rings. The fourth-order valence-electron chi connectivity index (χ4n) is 2.48. The van der Waals surface area contributed by atoms with E-state index in [9.17, 15) is 9.59 Å². The lowest BCUT2D eigenvalue weighted by Crippen LogP contribution is -2.23. The van der Waals surface area contributed by atoms with Gasteiger partial charge >= 0.3 is 0 Å². The van der Waals surface area contributed by atoms with Crippen LogP contribution in [0.4, 0.5) is 0 Å². The number of hydrogen-bond acceptors (Lipinski definition) is 2. The molecule has 1 fully saturated rings. The molecule has 1 aromatic rings. The van der Waals surface area contributed by atoms with Gasteiger partial charge in [0.2, 0.25) is 5.78 Å². The molecule has 0 atom stereocenters. The molecule has 1 amide bonds. The molecule has 0 spiro atoms. The van der Waals surface area contributed by atoms with Crippen LogP contribution in [0.1, 0.15) is 53.9 Å². The van der Waals surface area contributed by atoms with E-state index in [0.29, 0.717) is 11.5 Å². The number of ketones is 1. The van der Waals surface area contributed by atoms with Crippen molar-refractivity contribution in [2.75, 3.05) is 0 Å². The molecular weight excluding hydrogens is 214 g/mol. The lowest BCUT2D eigenvalue weighted by Gasteiger charge is -2.21. The van der Waals surface area contributed by atoms with Crippen LogP contribution >= 0.6 is 0 Å². The molecule has 0 radical (unpaired) electrons. The first-order valence-electron chi connectivity index (χ1n) is 6.12. The first-order chi connectivity index (χ1) is 8.18. The molecule has 2 N–H and O–H groups in total. The molecule has 0 aromatic heterocycles. The van der Waals surface area contributed by atoms with Gasteiger partial charge < -0.3 is 5.73 Å². The van der Waals surface area contributed by atoms with Crippen LogP contribution in [-0.2, 0) is 4.79 Å². The van der Waals surface area contributed by atoms with E-state index in [4.69, 9.17) is 5.73 Å². The summed E-state index contributed by atoms with van der Waals surface area (Å²) >= 11 is 0. The van der Waals surface area contributed by atoms with Crippen molar-refractivity contribution in [2.45, 2.75) is 38.0 Å². The Labute approximate surface area is 101 Å². The third-order valence-corrected chi connectivity index (χ3v) is 3.47. The van der Waals surface area contributed by atoms with E-state index in [-0.39, 0.29) is 0 Å². The summed E-state index contributed by atoms with van der Waals surface area (Å²) in [6, 6.07) is 7.31. The monoisotopic (exact) mass is 231 g/mol. The number of carbonyl (C=O) groups is 2. The fraction of sp³-hybridized carbons (Fsp3) is 0.429. The number of carbonyl (C=O) groups excluding carboxylic acids is 2. The fourth-order valence-corrected chi connectivity index (χ4v) is 2.48. The molecule has 90 valence electrons. The molecule has 17 heavy (non-hydrogen) atoms. The summed E-state index contributed by atoms with van der Waals surface area (Å²) in [7, 11) is 0. The third-order valence-electron chi connectivity index (χ3n) is 3.47. The summed E-state index contributed by atoms with van der Waals surface area (Å²) in [5.74, 6) is -0.892. The summed E-state index contributed by atoms with van der Waals surface area (Å²) in [6.07, 6.45) is 6.35. The van der Waals surface area contributed by atoms with E-state index in [2.05, 4.69) is 0 Å². The summed E-state index contributed by atoms with van der Waals surface area (Å²) in [6.45, 7) is 0. The van der Waals surface area contributed by atoms with Crippen LogP contribution < -0.4 is 5.73 Å². The first-order valence-corrected chi connectivity index (χ1v) is 6.12. The highest BCUT2D eigenvalue weighted by atomic mass is 16.2. The minimum atomic E-state index is -0.893. The van der Waals surface area contributed by atoms with Crippen LogP contribution in [-0.4, -0.2) is 11.7 Å². The normalized spacial score (nSPS) is 16.7. The lowest BCUT2D eigenvalue weighted by molar-refractivity contribution is -0.114. The number of benzene rings is 1. The van der Waals surface area contributed by atoms with Crippen LogP contribution in [0.15, 0.2) is 24.3 Å². The maximum Gasteiger partial charge on any atom is 0.289 e.